The molecule has 3 rings (SSSR count). The fourth-order valence-electron chi connectivity index (χ4n) is 4.37. The van der Waals surface area contributed by atoms with E-state index in [-0.39, 0.29) is 24.7 Å². The van der Waals surface area contributed by atoms with Gasteiger partial charge in [0.2, 0.25) is 10.0 Å². The number of aromatic hydroxyl groups is 1. The zero-order chi connectivity index (χ0) is 28.8. The minimum absolute atomic E-state index is 0.0117. The smallest absolute Gasteiger partial charge is 0.229 e. The molecule has 0 fully saturated rings. The number of carbonyl (C=O) groups is 1. The highest BCUT2D eigenvalue weighted by Crippen LogP contribution is 2.19. The van der Waals surface area contributed by atoms with Crippen molar-refractivity contribution in [1.82, 2.24) is 4.90 Å². The van der Waals surface area contributed by atoms with E-state index in [1.54, 1.807) is 24.3 Å². The molecule has 8 nitrogen and oxygen atoms in total. The van der Waals surface area contributed by atoms with Crippen LogP contribution in [0, 0.1) is 0 Å². The fraction of sp³-hybridized carbons (Fsp3) is 0.387. The van der Waals surface area contributed by atoms with Gasteiger partial charge >= 0.3 is 0 Å². The second-order valence-electron chi connectivity index (χ2n) is 9.97. The van der Waals surface area contributed by atoms with E-state index in [0.29, 0.717) is 36.6 Å². The summed E-state index contributed by atoms with van der Waals surface area (Å²) in [6.07, 6.45) is 5.90. The third kappa shape index (κ3) is 11.5. The van der Waals surface area contributed by atoms with Crippen molar-refractivity contribution in [2.24, 2.45) is 0 Å². The lowest BCUT2D eigenvalue weighted by Crippen LogP contribution is -2.30. The first-order valence-corrected chi connectivity index (χ1v) is 15.5. The van der Waals surface area contributed by atoms with Gasteiger partial charge in [-0.15, -0.1) is 0 Å². The molecule has 0 unspecified atom stereocenters. The molecule has 216 valence electrons. The first-order chi connectivity index (χ1) is 19.2. The van der Waals surface area contributed by atoms with E-state index in [2.05, 4.69) is 21.8 Å². The van der Waals surface area contributed by atoms with Crippen LogP contribution in [0.2, 0.25) is 0 Å². The normalized spacial score (nSPS) is 11.6. The molecule has 0 heterocycles. The van der Waals surface area contributed by atoms with Gasteiger partial charge in [-0.05, 0) is 67.3 Å². The summed E-state index contributed by atoms with van der Waals surface area (Å²) in [7, 11) is -3.27. The molecule has 0 atom stereocenters. The van der Waals surface area contributed by atoms with E-state index in [9.17, 15) is 23.4 Å². The van der Waals surface area contributed by atoms with Gasteiger partial charge in [-0.3, -0.25) is 14.4 Å². The van der Waals surface area contributed by atoms with E-state index in [4.69, 9.17) is 4.74 Å². The number of hydrogen-bond acceptors (Lipinski definition) is 7. The van der Waals surface area contributed by atoms with Crippen LogP contribution in [0.5, 0.6) is 5.75 Å². The van der Waals surface area contributed by atoms with Gasteiger partial charge in [0.1, 0.15) is 5.75 Å². The minimum Gasteiger partial charge on any atom is -0.508 e. The average molecular weight is 569 g/mol. The molecule has 0 radical (unpaired) electrons. The lowest BCUT2D eigenvalue weighted by atomic mass is 10.1. The van der Waals surface area contributed by atoms with Crippen molar-refractivity contribution < 1.29 is 28.2 Å². The predicted octanol–water partition coefficient (Wildman–Crippen LogP) is 4.76. The van der Waals surface area contributed by atoms with Crippen LogP contribution in [0.15, 0.2) is 72.8 Å². The molecule has 0 spiro atoms. The van der Waals surface area contributed by atoms with Gasteiger partial charge in [0.05, 0.1) is 26.0 Å². The minimum atomic E-state index is -3.27. The Morgan fingerprint density at radius 2 is 1.62 bits per heavy atom. The SMILES string of the molecule is CS(=O)(=O)Nc1ccc(CCOCCCCCCN(CC(=O)c2ccc(O)c(CO)c2)Cc2ccccc2)cc1. The summed E-state index contributed by atoms with van der Waals surface area (Å²) in [6, 6.07) is 22.0. The number of nitrogens with zero attached hydrogens (tertiary/aromatic N) is 1. The summed E-state index contributed by atoms with van der Waals surface area (Å²) in [6.45, 7) is 2.71. The molecule has 0 aromatic heterocycles. The number of ketones is 1. The molecule has 3 aromatic carbocycles. The van der Waals surface area contributed by atoms with Crippen molar-refractivity contribution in [3.05, 3.63) is 95.1 Å². The van der Waals surface area contributed by atoms with Crippen molar-refractivity contribution in [2.75, 3.05) is 37.3 Å². The van der Waals surface area contributed by atoms with Gasteiger partial charge in [0, 0.05) is 30.0 Å². The zero-order valence-electron chi connectivity index (χ0n) is 23.1. The summed E-state index contributed by atoms with van der Waals surface area (Å²) in [5, 5.41) is 19.2. The first kappa shape index (κ1) is 31.3. The van der Waals surface area contributed by atoms with Crippen LogP contribution in [-0.2, 0) is 34.3 Å². The Kier molecular flexibility index (Phi) is 12.6. The molecule has 0 aliphatic heterocycles. The molecule has 0 bridgehead atoms. The Balaban J connectivity index is 1.36. The van der Waals surface area contributed by atoms with Gasteiger partial charge in [-0.2, -0.15) is 0 Å². The van der Waals surface area contributed by atoms with Gasteiger partial charge in [-0.1, -0.05) is 55.3 Å². The predicted molar refractivity (Wildman–Crippen MR) is 158 cm³/mol. The van der Waals surface area contributed by atoms with Crippen LogP contribution in [0.25, 0.3) is 0 Å². The van der Waals surface area contributed by atoms with Gasteiger partial charge < -0.3 is 14.9 Å². The number of phenols is 1. The lowest BCUT2D eigenvalue weighted by Gasteiger charge is -2.22. The number of benzene rings is 3. The number of aliphatic hydroxyl groups excluding tert-OH is 1. The molecule has 0 saturated heterocycles. The Bertz CT molecular complexity index is 1300. The van der Waals surface area contributed by atoms with Gasteiger partial charge in [0.15, 0.2) is 5.78 Å². The number of carbonyl (C=O) groups excluding carboxylic acids is 1. The maximum absolute atomic E-state index is 13.0. The van der Waals surface area contributed by atoms with Crippen LogP contribution in [0.1, 0.15) is 52.7 Å². The summed E-state index contributed by atoms with van der Waals surface area (Å²) >= 11 is 0. The maximum Gasteiger partial charge on any atom is 0.229 e. The first-order valence-electron chi connectivity index (χ1n) is 13.6. The van der Waals surface area contributed by atoms with Gasteiger partial charge in [0.25, 0.3) is 0 Å². The third-order valence-electron chi connectivity index (χ3n) is 6.49. The quantitative estimate of drug-likeness (QED) is 0.150. The van der Waals surface area contributed by atoms with E-state index in [0.717, 1.165) is 56.0 Å². The fourth-order valence-corrected chi connectivity index (χ4v) is 4.94. The number of hydrogen-bond donors (Lipinski definition) is 3. The highest BCUT2D eigenvalue weighted by atomic mass is 32.2. The van der Waals surface area contributed by atoms with Crippen LogP contribution < -0.4 is 4.72 Å². The van der Waals surface area contributed by atoms with Crippen LogP contribution in [0.4, 0.5) is 5.69 Å². The van der Waals surface area contributed by atoms with E-state index < -0.39 is 10.0 Å². The molecule has 0 aliphatic carbocycles. The molecular weight excluding hydrogens is 528 g/mol. The Hall–Kier alpha value is -3.24. The van der Waals surface area contributed by atoms with Crippen molar-refractivity contribution in [3.8, 4) is 5.75 Å². The number of aliphatic hydroxyl groups is 1. The third-order valence-corrected chi connectivity index (χ3v) is 7.10. The molecule has 9 heteroatoms. The van der Waals surface area contributed by atoms with E-state index in [1.807, 2.05) is 30.3 Å². The average Bonchev–Trinajstić information content (AvgIpc) is 2.93. The largest absolute Gasteiger partial charge is 0.508 e. The summed E-state index contributed by atoms with van der Waals surface area (Å²) in [4.78, 5) is 15.1. The molecule has 3 aromatic rings. The van der Waals surface area contributed by atoms with Gasteiger partial charge in [-0.25, -0.2) is 8.42 Å². The number of anilines is 1. The second kappa shape index (κ2) is 16.1. The number of rotatable bonds is 18. The molecule has 0 aliphatic rings. The van der Waals surface area contributed by atoms with Crippen LogP contribution in [0.3, 0.4) is 0 Å². The number of nitrogens with one attached hydrogen (secondary N) is 1. The highest BCUT2D eigenvalue weighted by Gasteiger charge is 2.15. The Labute approximate surface area is 237 Å². The topological polar surface area (TPSA) is 116 Å². The van der Waals surface area contributed by atoms with Crippen molar-refractivity contribution in [3.63, 3.8) is 0 Å². The summed E-state index contributed by atoms with van der Waals surface area (Å²) < 4.78 is 30.8. The maximum atomic E-state index is 13.0. The number of sulfonamides is 1. The molecular formula is C31H40N2O6S. The van der Waals surface area contributed by atoms with Crippen molar-refractivity contribution in [1.29, 1.82) is 0 Å². The summed E-state index contributed by atoms with van der Waals surface area (Å²) in [5.41, 5.74) is 3.62. The number of unbranched alkanes of at least 4 members (excludes halogenated alkanes) is 3. The number of Topliss-reactive ketones (excluding diaryl/α,β-unsaturated/α-hetero) is 1. The summed E-state index contributed by atoms with van der Waals surface area (Å²) in [5.74, 6) is -0.0531. The van der Waals surface area contributed by atoms with E-state index in [1.165, 1.54) is 6.07 Å². The molecule has 40 heavy (non-hydrogen) atoms. The molecule has 0 saturated carbocycles. The van der Waals surface area contributed by atoms with E-state index >= 15 is 0 Å². The Morgan fingerprint density at radius 1 is 0.900 bits per heavy atom. The highest BCUT2D eigenvalue weighted by molar-refractivity contribution is 7.92. The number of ether oxygens (including phenoxy) is 1. The lowest BCUT2D eigenvalue weighted by molar-refractivity contribution is 0.0923. The monoisotopic (exact) mass is 568 g/mol. The molecule has 3 N–H and O–H groups in total. The second-order valence-corrected chi connectivity index (χ2v) is 11.7. The van der Waals surface area contributed by atoms with Crippen LogP contribution in [-0.4, -0.2) is 61.9 Å². The zero-order valence-corrected chi connectivity index (χ0v) is 23.9. The standard InChI is InChI=1S/C31H40N2O6S/c1-40(37,38)32-29-14-11-25(12-15-29)17-20-39-19-8-3-2-7-18-33(22-26-9-5-4-6-10-26)23-31(36)27-13-16-30(35)28(21-27)24-34/h4-6,9-16,21,32,34-35H,2-3,7-8,17-20,22-24H2,1H3. The Morgan fingerprint density at radius 3 is 2.33 bits per heavy atom. The van der Waals surface area contributed by atoms with Crippen molar-refractivity contribution >= 4 is 21.5 Å². The molecule has 0 amide bonds. The van der Waals surface area contributed by atoms with Crippen molar-refractivity contribution in [2.45, 2.75) is 45.3 Å². The van der Waals surface area contributed by atoms with Crippen LogP contribution >= 0.6 is 0 Å².